The third kappa shape index (κ3) is 3.09. The van der Waals surface area contributed by atoms with E-state index in [1.54, 1.807) is 12.1 Å². The number of hydrogen-bond acceptors (Lipinski definition) is 4. The molecule has 2 atom stereocenters. The topological polar surface area (TPSA) is 58.5 Å². The van der Waals surface area contributed by atoms with Gasteiger partial charge in [-0.1, -0.05) is 43.3 Å². The van der Waals surface area contributed by atoms with Gasteiger partial charge in [0.05, 0.1) is 11.3 Å². The van der Waals surface area contributed by atoms with Crippen molar-refractivity contribution in [2.45, 2.75) is 44.9 Å². The van der Waals surface area contributed by atoms with Crippen molar-refractivity contribution in [2.75, 3.05) is 0 Å². The number of carbonyl (C=O) groups is 2. The van der Waals surface area contributed by atoms with E-state index >= 15 is 0 Å². The highest BCUT2D eigenvalue weighted by molar-refractivity contribution is 8.15. The van der Waals surface area contributed by atoms with Gasteiger partial charge in [-0.25, -0.2) is 0 Å². The van der Waals surface area contributed by atoms with Crippen LogP contribution in [0, 0.1) is 12.3 Å². The lowest BCUT2D eigenvalue weighted by Crippen LogP contribution is -2.40. The molecule has 2 aliphatic rings. The van der Waals surface area contributed by atoms with E-state index in [9.17, 15) is 9.59 Å². The van der Waals surface area contributed by atoms with Crippen molar-refractivity contribution in [3.8, 4) is 0 Å². The van der Waals surface area contributed by atoms with Gasteiger partial charge in [0, 0.05) is 12.0 Å². The molecule has 5 heteroatoms. The largest absolute Gasteiger partial charge is 0.301 e. The first-order valence-electron chi connectivity index (χ1n) is 7.49. The van der Waals surface area contributed by atoms with E-state index in [1.165, 1.54) is 11.8 Å². The molecule has 1 N–H and O–H groups in total. The molecule has 3 rings (SSSR count). The van der Waals surface area contributed by atoms with Crippen molar-refractivity contribution in [1.82, 2.24) is 5.32 Å². The van der Waals surface area contributed by atoms with E-state index in [1.807, 2.05) is 19.1 Å². The second-order valence-corrected chi connectivity index (χ2v) is 8.00. The Bertz CT molecular complexity index is 649. The van der Waals surface area contributed by atoms with Crippen molar-refractivity contribution in [3.05, 3.63) is 35.4 Å². The Balaban J connectivity index is 1.70. The van der Waals surface area contributed by atoms with Crippen LogP contribution in [0.3, 0.4) is 0 Å². The molecule has 0 aromatic heterocycles. The molecule has 0 spiro atoms. The average Bonchev–Trinajstić information content (AvgIpc) is 2.80. The van der Waals surface area contributed by atoms with Crippen molar-refractivity contribution < 1.29 is 9.59 Å². The van der Waals surface area contributed by atoms with E-state index in [0.29, 0.717) is 17.2 Å². The number of fused-ring (bicyclic) bond motifs is 1. The summed E-state index contributed by atoms with van der Waals surface area (Å²) in [6.45, 7) is 6.19. The zero-order valence-corrected chi connectivity index (χ0v) is 13.9. The minimum atomic E-state index is -0.170. The van der Waals surface area contributed by atoms with Gasteiger partial charge in [0.15, 0.2) is 5.17 Å². The SMILES string of the molecule is Cc1ccc(C(=O)NC2=NC3CC(C)(C)CC(=O)C3S2)cc1. The highest BCUT2D eigenvalue weighted by Gasteiger charge is 2.45. The first-order valence-corrected chi connectivity index (χ1v) is 8.37. The van der Waals surface area contributed by atoms with Crippen LogP contribution in [0.2, 0.25) is 0 Å². The van der Waals surface area contributed by atoms with Gasteiger partial charge in [0.1, 0.15) is 5.78 Å². The molecule has 2 unspecified atom stereocenters. The molecule has 0 saturated heterocycles. The first kappa shape index (κ1) is 15.3. The Hall–Kier alpha value is -1.62. The number of nitrogens with zero attached hydrogens (tertiary/aromatic N) is 1. The van der Waals surface area contributed by atoms with Crippen LogP contribution in [0.1, 0.15) is 42.6 Å². The number of hydrogen-bond donors (Lipinski definition) is 1. The van der Waals surface area contributed by atoms with Gasteiger partial charge in [-0.3, -0.25) is 14.6 Å². The smallest absolute Gasteiger partial charge is 0.257 e. The monoisotopic (exact) mass is 316 g/mol. The molecule has 0 radical (unpaired) electrons. The van der Waals surface area contributed by atoms with Gasteiger partial charge >= 0.3 is 0 Å². The normalized spacial score (nSPS) is 26.3. The molecule has 1 aromatic carbocycles. The number of benzene rings is 1. The Morgan fingerprint density at radius 2 is 2.00 bits per heavy atom. The summed E-state index contributed by atoms with van der Waals surface area (Å²) >= 11 is 1.40. The maximum Gasteiger partial charge on any atom is 0.257 e. The quantitative estimate of drug-likeness (QED) is 0.866. The van der Waals surface area contributed by atoms with Crippen molar-refractivity contribution >= 4 is 28.6 Å². The third-order valence-electron chi connectivity index (χ3n) is 4.14. The van der Waals surface area contributed by atoms with Gasteiger partial charge in [0.25, 0.3) is 5.91 Å². The Morgan fingerprint density at radius 1 is 1.32 bits per heavy atom. The molecule has 1 fully saturated rings. The summed E-state index contributed by atoms with van der Waals surface area (Å²) in [5, 5.41) is 3.29. The zero-order chi connectivity index (χ0) is 15.9. The Labute approximate surface area is 134 Å². The predicted molar refractivity (Wildman–Crippen MR) is 89.3 cm³/mol. The predicted octanol–water partition coefficient (Wildman–Crippen LogP) is 2.95. The molecule has 1 saturated carbocycles. The lowest BCUT2D eigenvalue weighted by Gasteiger charge is -2.34. The number of ketones is 1. The first-order chi connectivity index (χ1) is 10.3. The van der Waals surface area contributed by atoms with Crippen LogP contribution in [0.5, 0.6) is 0 Å². The number of nitrogens with one attached hydrogen (secondary N) is 1. The summed E-state index contributed by atoms with van der Waals surface area (Å²) in [4.78, 5) is 29.0. The lowest BCUT2D eigenvalue weighted by atomic mass is 9.74. The number of Topliss-reactive ketones (excluding diaryl/α,β-unsaturated/α-hetero) is 1. The number of carbonyl (C=O) groups excluding carboxylic acids is 2. The van der Waals surface area contributed by atoms with Gasteiger partial charge in [0.2, 0.25) is 0 Å². The van der Waals surface area contributed by atoms with Crippen molar-refractivity contribution in [2.24, 2.45) is 10.4 Å². The Kier molecular flexibility index (Phi) is 3.85. The van der Waals surface area contributed by atoms with E-state index in [4.69, 9.17) is 0 Å². The number of amidine groups is 1. The van der Waals surface area contributed by atoms with Crippen LogP contribution >= 0.6 is 11.8 Å². The molecule has 4 nitrogen and oxygen atoms in total. The lowest BCUT2D eigenvalue weighted by molar-refractivity contribution is -0.122. The fourth-order valence-corrected chi connectivity index (χ4v) is 4.14. The molecule has 1 aliphatic carbocycles. The fourth-order valence-electron chi connectivity index (χ4n) is 3.03. The van der Waals surface area contributed by atoms with Crippen LogP contribution in [0.4, 0.5) is 0 Å². The summed E-state index contributed by atoms with van der Waals surface area (Å²) in [6, 6.07) is 7.40. The van der Waals surface area contributed by atoms with Crippen LogP contribution in [-0.2, 0) is 4.79 Å². The molecular formula is C17H20N2O2S. The standard InChI is InChI=1S/C17H20N2O2S/c1-10-4-6-11(7-5-10)15(21)19-16-18-12-8-17(2,3)9-13(20)14(12)22-16/h4-7,12,14H,8-9H2,1-3H3,(H,18,19,21). The van der Waals surface area contributed by atoms with Crippen LogP contribution in [0.15, 0.2) is 29.3 Å². The van der Waals surface area contributed by atoms with Crippen molar-refractivity contribution in [1.29, 1.82) is 0 Å². The third-order valence-corrected chi connectivity index (χ3v) is 5.40. The zero-order valence-electron chi connectivity index (χ0n) is 13.1. The van der Waals surface area contributed by atoms with Crippen LogP contribution in [0.25, 0.3) is 0 Å². The van der Waals surface area contributed by atoms with Crippen LogP contribution in [-0.4, -0.2) is 28.1 Å². The molecule has 116 valence electrons. The second kappa shape index (κ2) is 5.54. The second-order valence-electron chi connectivity index (χ2n) is 6.87. The van der Waals surface area contributed by atoms with E-state index in [0.717, 1.165) is 12.0 Å². The fraction of sp³-hybridized carbons (Fsp3) is 0.471. The molecule has 22 heavy (non-hydrogen) atoms. The minimum absolute atomic E-state index is 0.00126. The summed E-state index contributed by atoms with van der Waals surface area (Å²) in [7, 11) is 0. The molecular weight excluding hydrogens is 296 g/mol. The van der Waals surface area contributed by atoms with Gasteiger partial charge < -0.3 is 5.32 Å². The van der Waals surface area contributed by atoms with Gasteiger partial charge in [-0.05, 0) is 30.9 Å². The van der Waals surface area contributed by atoms with E-state index in [2.05, 4.69) is 24.2 Å². The van der Waals surface area contributed by atoms with E-state index < -0.39 is 0 Å². The maximum absolute atomic E-state index is 12.2. The molecule has 1 heterocycles. The summed E-state index contributed by atoms with van der Waals surface area (Å²) in [5.41, 5.74) is 1.72. The van der Waals surface area contributed by atoms with Crippen LogP contribution < -0.4 is 5.32 Å². The molecule has 0 bridgehead atoms. The summed E-state index contributed by atoms with van der Waals surface area (Å²) < 4.78 is 0. The molecule has 1 aromatic rings. The minimum Gasteiger partial charge on any atom is -0.301 e. The highest BCUT2D eigenvalue weighted by Crippen LogP contribution is 2.42. The summed E-state index contributed by atoms with van der Waals surface area (Å²) in [5.74, 6) is 0.0752. The number of rotatable bonds is 1. The van der Waals surface area contributed by atoms with E-state index in [-0.39, 0.29) is 28.4 Å². The molecule has 1 amide bonds. The number of thioether (sulfide) groups is 1. The average molecular weight is 316 g/mol. The summed E-state index contributed by atoms with van der Waals surface area (Å²) in [6.07, 6.45) is 1.48. The Morgan fingerprint density at radius 3 is 2.68 bits per heavy atom. The maximum atomic E-state index is 12.2. The molecule has 1 aliphatic heterocycles. The highest BCUT2D eigenvalue weighted by atomic mass is 32.2. The number of amides is 1. The van der Waals surface area contributed by atoms with Gasteiger partial charge in [-0.2, -0.15) is 0 Å². The number of aryl methyl sites for hydroxylation is 1. The van der Waals surface area contributed by atoms with Gasteiger partial charge in [-0.15, -0.1) is 0 Å². The van der Waals surface area contributed by atoms with Crippen molar-refractivity contribution in [3.63, 3.8) is 0 Å². The number of aliphatic imine (C=N–C) groups is 1.